The lowest BCUT2D eigenvalue weighted by Crippen LogP contribution is -2.62. The highest BCUT2D eigenvalue weighted by Crippen LogP contribution is 2.26. The summed E-state index contributed by atoms with van der Waals surface area (Å²) >= 11 is 0. The van der Waals surface area contributed by atoms with Crippen LogP contribution in [0.25, 0.3) is 0 Å². The molecule has 3 rings (SSSR count). The zero-order chi connectivity index (χ0) is 28.6. The molecule has 1 amide bonds. The van der Waals surface area contributed by atoms with Gasteiger partial charge in [-0.3, -0.25) is 24.7 Å². The Labute approximate surface area is 231 Å². The van der Waals surface area contributed by atoms with Crippen LogP contribution < -0.4 is 5.32 Å². The maximum Gasteiger partial charge on any atom is 0.333 e. The number of hydrogen-bond acceptors (Lipinski definition) is 9. The van der Waals surface area contributed by atoms with Gasteiger partial charge in [0, 0.05) is 20.0 Å². The van der Waals surface area contributed by atoms with E-state index >= 15 is 0 Å². The van der Waals surface area contributed by atoms with Gasteiger partial charge >= 0.3 is 17.9 Å². The summed E-state index contributed by atoms with van der Waals surface area (Å²) in [7, 11) is 0. The molecule has 4 unspecified atom stereocenters. The minimum atomic E-state index is -1.08. The summed E-state index contributed by atoms with van der Waals surface area (Å²) in [6, 6.07) is 7.67. The molecule has 0 saturated carbocycles. The average molecular weight is 546 g/mol. The third-order valence-corrected chi connectivity index (χ3v) is 6.90. The van der Waals surface area contributed by atoms with Crippen molar-refractivity contribution in [2.24, 2.45) is 5.41 Å². The Morgan fingerprint density at radius 1 is 1.05 bits per heavy atom. The van der Waals surface area contributed by atoms with Gasteiger partial charge < -0.3 is 14.2 Å². The van der Waals surface area contributed by atoms with Crippen LogP contribution in [0.5, 0.6) is 0 Å². The van der Waals surface area contributed by atoms with E-state index in [9.17, 15) is 19.2 Å². The maximum absolute atomic E-state index is 13.9. The van der Waals surface area contributed by atoms with Gasteiger partial charge in [-0.05, 0) is 71.8 Å². The van der Waals surface area contributed by atoms with Gasteiger partial charge in [-0.1, -0.05) is 30.3 Å². The Hall–Kier alpha value is -2.98. The largest absolute Gasteiger partial charge is 0.465 e. The second kappa shape index (κ2) is 13.9. The maximum atomic E-state index is 13.9. The van der Waals surface area contributed by atoms with E-state index in [-0.39, 0.29) is 12.5 Å². The first kappa shape index (κ1) is 30.6. The lowest BCUT2D eigenvalue weighted by Gasteiger charge is -2.43. The van der Waals surface area contributed by atoms with E-state index in [0.717, 1.165) is 18.4 Å². The zero-order valence-electron chi connectivity index (χ0n) is 23.8. The minimum Gasteiger partial charge on any atom is -0.465 e. The number of hydrazine groups is 1. The molecule has 216 valence electrons. The molecule has 2 aliphatic rings. The molecule has 1 aromatic carbocycles. The molecule has 10 heteroatoms. The number of fused-ring (bicyclic) bond motifs is 1. The number of carbonyl (C=O) groups is 4. The summed E-state index contributed by atoms with van der Waals surface area (Å²) < 4.78 is 16.1. The molecule has 0 bridgehead atoms. The monoisotopic (exact) mass is 545 g/mol. The van der Waals surface area contributed by atoms with Crippen molar-refractivity contribution in [1.82, 2.24) is 15.3 Å². The molecule has 0 spiro atoms. The van der Waals surface area contributed by atoms with Crippen LogP contribution >= 0.6 is 0 Å². The van der Waals surface area contributed by atoms with Gasteiger partial charge in [0.15, 0.2) is 0 Å². The lowest BCUT2D eigenvalue weighted by atomic mass is 9.97. The van der Waals surface area contributed by atoms with Gasteiger partial charge in [0.25, 0.3) is 5.91 Å². The highest BCUT2D eigenvalue weighted by atomic mass is 16.7. The van der Waals surface area contributed by atoms with Crippen molar-refractivity contribution in [2.75, 3.05) is 19.7 Å². The molecule has 1 aromatic rings. The van der Waals surface area contributed by atoms with E-state index in [0.29, 0.717) is 38.8 Å². The Bertz CT molecular complexity index is 994. The normalized spacial score (nSPS) is 21.8. The van der Waals surface area contributed by atoms with E-state index in [2.05, 4.69) is 5.32 Å². The van der Waals surface area contributed by atoms with Crippen molar-refractivity contribution >= 4 is 23.8 Å². The van der Waals surface area contributed by atoms with E-state index in [1.807, 2.05) is 35.3 Å². The van der Waals surface area contributed by atoms with Crippen molar-refractivity contribution in [2.45, 2.75) is 97.6 Å². The van der Waals surface area contributed by atoms with Crippen molar-refractivity contribution in [1.29, 1.82) is 0 Å². The van der Waals surface area contributed by atoms with Gasteiger partial charge in [0.1, 0.15) is 12.1 Å². The molecule has 2 fully saturated rings. The number of hydrogen-bond donors (Lipinski definition) is 1. The third-order valence-electron chi connectivity index (χ3n) is 6.90. The predicted molar refractivity (Wildman–Crippen MR) is 144 cm³/mol. The number of benzene rings is 1. The molecule has 4 atom stereocenters. The summed E-state index contributed by atoms with van der Waals surface area (Å²) in [4.78, 5) is 52.1. The first-order valence-corrected chi connectivity index (χ1v) is 14.0. The molecule has 1 N–H and O–H groups in total. The van der Waals surface area contributed by atoms with Crippen LogP contribution in [0.1, 0.15) is 72.3 Å². The second-order valence-electron chi connectivity index (χ2n) is 11.1. The zero-order valence-corrected chi connectivity index (χ0v) is 23.8. The molecular formula is C29H43N3O7. The fourth-order valence-electron chi connectivity index (χ4n) is 4.84. The molecule has 0 aliphatic carbocycles. The van der Waals surface area contributed by atoms with E-state index < -0.39 is 47.7 Å². The summed E-state index contributed by atoms with van der Waals surface area (Å²) in [5.74, 6) is -1.77. The number of aryl methyl sites for hydroxylation is 1. The van der Waals surface area contributed by atoms with Crippen LogP contribution in [0.4, 0.5) is 0 Å². The SMILES string of the molecule is CCOC(=O)C(CCc1ccccc1)NC1CCCN2CCCC(C(=O)OC(C)OC(=O)C(C)(C)C)N2C1=O. The molecule has 2 heterocycles. The third kappa shape index (κ3) is 8.50. The lowest BCUT2D eigenvalue weighted by molar-refractivity contribution is -0.202. The summed E-state index contributed by atoms with van der Waals surface area (Å²) in [6.07, 6.45) is 2.43. The highest BCUT2D eigenvalue weighted by Gasteiger charge is 2.43. The van der Waals surface area contributed by atoms with E-state index in [4.69, 9.17) is 14.2 Å². The highest BCUT2D eigenvalue weighted by molar-refractivity contribution is 5.88. The van der Waals surface area contributed by atoms with Crippen LogP contribution in [0.15, 0.2) is 30.3 Å². The minimum absolute atomic E-state index is 0.243. The smallest absolute Gasteiger partial charge is 0.333 e. The molecular weight excluding hydrogens is 502 g/mol. The van der Waals surface area contributed by atoms with Crippen molar-refractivity contribution in [3.63, 3.8) is 0 Å². The number of nitrogens with one attached hydrogen (secondary N) is 1. The Balaban J connectivity index is 1.72. The topological polar surface area (TPSA) is 114 Å². The number of nitrogens with zero attached hydrogens (tertiary/aromatic N) is 2. The van der Waals surface area contributed by atoms with Crippen LogP contribution in [0, 0.1) is 5.41 Å². The van der Waals surface area contributed by atoms with Crippen LogP contribution in [-0.4, -0.2) is 77.9 Å². The second-order valence-corrected chi connectivity index (χ2v) is 11.1. The molecule has 2 aliphatic heterocycles. The van der Waals surface area contributed by atoms with Gasteiger partial charge in [0.05, 0.1) is 18.1 Å². The number of amides is 1. The Morgan fingerprint density at radius 3 is 2.36 bits per heavy atom. The molecule has 2 saturated heterocycles. The Morgan fingerprint density at radius 2 is 1.72 bits per heavy atom. The van der Waals surface area contributed by atoms with Crippen molar-refractivity contribution in [3.05, 3.63) is 35.9 Å². The first-order chi connectivity index (χ1) is 18.5. The molecule has 0 aromatic heterocycles. The van der Waals surface area contributed by atoms with Crippen LogP contribution in [0.2, 0.25) is 0 Å². The van der Waals surface area contributed by atoms with Gasteiger partial charge in [0.2, 0.25) is 6.29 Å². The summed E-state index contributed by atoms with van der Waals surface area (Å²) in [5, 5.41) is 6.65. The summed E-state index contributed by atoms with van der Waals surface area (Å²) in [5.41, 5.74) is 0.352. The average Bonchev–Trinajstić information content (AvgIpc) is 3.04. The van der Waals surface area contributed by atoms with Crippen LogP contribution in [-0.2, 0) is 39.8 Å². The van der Waals surface area contributed by atoms with E-state index in [1.165, 1.54) is 11.9 Å². The summed E-state index contributed by atoms with van der Waals surface area (Å²) in [6.45, 7) is 9.90. The standard InChI is InChI=1S/C29H43N3O7/c1-6-37-26(34)23(17-16-21-12-8-7-9-13-21)30-22-14-10-18-31-19-11-15-24(32(31)25(22)33)27(35)38-20(2)39-28(36)29(3,4)5/h7-9,12-13,20,22-24,30H,6,10-11,14-19H2,1-5H3. The molecule has 39 heavy (non-hydrogen) atoms. The quantitative estimate of drug-likeness (QED) is 0.350. The van der Waals surface area contributed by atoms with Gasteiger partial charge in [-0.2, -0.15) is 0 Å². The number of esters is 3. The number of carbonyl (C=O) groups excluding carboxylic acids is 4. The van der Waals surface area contributed by atoms with Crippen LogP contribution in [0.3, 0.4) is 0 Å². The number of ether oxygens (including phenoxy) is 3. The first-order valence-electron chi connectivity index (χ1n) is 14.0. The Kier molecular flexibility index (Phi) is 10.9. The predicted octanol–water partition coefficient (Wildman–Crippen LogP) is 2.99. The molecule has 0 radical (unpaired) electrons. The van der Waals surface area contributed by atoms with Gasteiger partial charge in [-0.25, -0.2) is 9.80 Å². The van der Waals surface area contributed by atoms with Crippen molar-refractivity contribution in [3.8, 4) is 0 Å². The number of rotatable bonds is 10. The molecule has 10 nitrogen and oxygen atoms in total. The van der Waals surface area contributed by atoms with E-state index in [1.54, 1.807) is 27.7 Å². The van der Waals surface area contributed by atoms with Gasteiger partial charge in [-0.15, -0.1) is 0 Å². The van der Waals surface area contributed by atoms with Crippen molar-refractivity contribution < 1.29 is 33.4 Å². The fourth-order valence-corrected chi connectivity index (χ4v) is 4.84. The fraction of sp³-hybridized carbons (Fsp3) is 0.655.